The zero-order chi connectivity index (χ0) is 12.1. The second-order valence-electron chi connectivity index (χ2n) is 3.83. The Kier molecular flexibility index (Phi) is 3.72. The third-order valence-corrected chi connectivity index (χ3v) is 2.73. The maximum atomic E-state index is 12.1. The SMILES string of the molecule is O=CN(C(=O)N1CCNCC1)c1ccccc1. The first-order chi connectivity index (χ1) is 8.33. The molecule has 1 aromatic carbocycles. The molecule has 0 bridgehead atoms. The number of urea groups is 1. The number of carbonyl (C=O) groups excluding carboxylic acids is 2. The fraction of sp³-hybridized carbons (Fsp3) is 0.333. The number of nitrogens with zero attached hydrogens (tertiary/aromatic N) is 2. The number of nitrogens with one attached hydrogen (secondary N) is 1. The summed E-state index contributed by atoms with van der Waals surface area (Å²) >= 11 is 0. The molecule has 1 N–H and O–H groups in total. The van der Waals surface area contributed by atoms with Crippen LogP contribution in [0.2, 0.25) is 0 Å². The van der Waals surface area contributed by atoms with Gasteiger partial charge in [0.2, 0.25) is 6.41 Å². The molecule has 0 aliphatic carbocycles. The molecule has 5 nitrogen and oxygen atoms in total. The molecular formula is C12H15N3O2. The van der Waals surface area contributed by atoms with Gasteiger partial charge >= 0.3 is 6.03 Å². The second kappa shape index (κ2) is 5.45. The molecule has 3 amide bonds. The Labute approximate surface area is 100 Å². The molecule has 0 saturated carbocycles. The first-order valence-electron chi connectivity index (χ1n) is 5.62. The second-order valence-corrected chi connectivity index (χ2v) is 3.83. The number of benzene rings is 1. The van der Waals surface area contributed by atoms with Gasteiger partial charge < -0.3 is 10.2 Å². The minimum Gasteiger partial charge on any atom is -0.321 e. The fourth-order valence-electron chi connectivity index (χ4n) is 1.81. The largest absolute Gasteiger partial charge is 0.331 e. The van der Waals surface area contributed by atoms with Crippen LogP contribution in [-0.4, -0.2) is 43.5 Å². The Morgan fingerprint density at radius 2 is 1.88 bits per heavy atom. The van der Waals surface area contributed by atoms with Gasteiger partial charge in [-0.05, 0) is 12.1 Å². The molecule has 1 heterocycles. The summed E-state index contributed by atoms with van der Waals surface area (Å²) in [4.78, 5) is 26.0. The van der Waals surface area contributed by atoms with Gasteiger partial charge in [-0.2, -0.15) is 0 Å². The normalized spacial score (nSPS) is 15.4. The van der Waals surface area contributed by atoms with Crippen LogP contribution < -0.4 is 10.2 Å². The quantitative estimate of drug-likeness (QED) is 0.764. The molecule has 5 heteroatoms. The van der Waals surface area contributed by atoms with Crippen molar-refractivity contribution < 1.29 is 9.59 Å². The summed E-state index contributed by atoms with van der Waals surface area (Å²) in [5.74, 6) is 0. The fourth-order valence-corrected chi connectivity index (χ4v) is 1.81. The number of hydrogen-bond acceptors (Lipinski definition) is 3. The van der Waals surface area contributed by atoms with E-state index in [1.54, 1.807) is 29.2 Å². The topological polar surface area (TPSA) is 52.7 Å². The summed E-state index contributed by atoms with van der Waals surface area (Å²) in [6.45, 7) is 2.81. The maximum Gasteiger partial charge on any atom is 0.331 e. The van der Waals surface area contributed by atoms with E-state index in [-0.39, 0.29) is 6.03 Å². The van der Waals surface area contributed by atoms with Crippen molar-refractivity contribution in [3.63, 3.8) is 0 Å². The van der Waals surface area contributed by atoms with Gasteiger partial charge in [-0.3, -0.25) is 4.79 Å². The molecule has 0 unspecified atom stereocenters. The van der Waals surface area contributed by atoms with Gasteiger partial charge in [0.15, 0.2) is 0 Å². The van der Waals surface area contributed by atoms with Gasteiger partial charge in [0.25, 0.3) is 0 Å². The first-order valence-corrected chi connectivity index (χ1v) is 5.62. The Morgan fingerprint density at radius 1 is 1.24 bits per heavy atom. The molecule has 1 aliphatic heterocycles. The maximum absolute atomic E-state index is 12.1. The minimum atomic E-state index is -0.257. The summed E-state index contributed by atoms with van der Waals surface area (Å²) in [6.07, 6.45) is 0.569. The standard InChI is InChI=1S/C12H15N3O2/c16-10-15(11-4-2-1-3-5-11)12(17)14-8-6-13-7-9-14/h1-5,10,13H,6-9H2. The Hall–Kier alpha value is -1.88. The number of anilines is 1. The van der Waals surface area contributed by atoms with E-state index in [9.17, 15) is 9.59 Å². The van der Waals surface area contributed by atoms with Crippen LogP contribution in [-0.2, 0) is 4.79 Å². The molecule has 0 radical (unpaired) electrons. The number of rotatable bonds is 2. The molecule has 0 aromatic heterocycles. The predicted octanol–water partition coefficient (Wildman–Crippen LogP) is 0.675. The Morgan fingerprint density at radius 3 is 2.47 bits per heavy atom. The van der Waals surface area contributed by atoms with E-state index in [1.165, 1.54) is 0 Å². The van der Waals surface area contributed by atoms with Gasteiger partial charge in [0, 0.05) is 26.2 Å². The van der Waals surface area contributed by atoms with Crippen molar-refractivity contribution in [1.29, 1.82) is 0 Å². The first kappa shape index (κ1) is 11.6. The van der Waals surface area contributed by atoms with Crippen molar-refractivity contribution in [2.24, 2.45) is 0 Å². The van der Waals surface area contributed by atoms with Gasteiger partial charge in [0.05, 0.1) is 5.69 Å². The zero-order valence-electron chi connectivity index (χ0n) is 9.50. The summed E-state index contributed by atoms with van der Waals surface area (Å²) in [5, 5.41) is 3.17. The van der Waals surface area contributed by atoms with Crippen molar-refractivity contribution >= 4 is 18.1 Å². The number of hydrogen-bond donors (Lipinski definition) is 1. The number of carbonyl (C=O) groups is 2. The van der Waals surface area contributed by atoms with Gasteiger partial charge in [0.1, 0.15) is 0 Å². The van der Waals surface area contributed by atoms with Crippen molar-refractivity contribution in [1.82, 2.24) is 10.2 Å². The van der Waals surface area contributed by atoms with Crippen LogP contribution in [0.15, 0.2) is 30.3 Å². The highest BCUT2D eigenvalue weighted by molar-refractivity contribution is 6.05. The third-order valence-electron chi connectivity index (χ3n) is 2.73. The van der Waals surface area contributed by atoms with Crippen molar-refractivity contribution in [2.75, 3.05) is 31.1 Å². The highest BCUT2D eigenvalue weighted by Gasteiger charge is 2.22. The van der Waals surface area contributed by atoms with Crippen molar-refractivity contribution in [2.45, 2.75) is 0 Å². The summed E-state index contributed by atoms with van der Waals surface area (Å²) < 4.78 is 0. The van der Waals surface area contributed by atoms with Crippen LogP contribution in [0.1, 0.15) is 0 Å². The minimum absolute atomic E-state index is 0.257. The molecule has 0 atom stereocenters. The average molecular weight is 233 g/mol. The molecule has 1 fully saturated rings. The van der Waals surface area contributed by atoms with E-state index in [1.807, 2.05) is 6.07 Å². The van der Waals surface area contributed by atoms with Crippen LogP contribution in [0.4, 0.5) is 10.5 Å². The molecule has 2 rings (SSSR count). The van der Waals surface area contributed by atoms with E-state index >= 15 is 0 Å². The monoisotopic (exact) mass is 233 g/mol. The average Bonchev–Trinajstić information content (AvgIpc) is 2.42. The molecule has 0 spiro atoms. The van der Waals surface area contributed by atoms with Crippen LogP contribution in [0.25, 0.3) is 0 Å². The Balaban J connectivity index is 2.12. The molecule has 17 heavy (non-hydrogen) atoms. The van der Waals surface area contributed by atoms with E-state index in [0.29, 0.717) is 25.2 Å². The molecule has 90 valence electrons. The van der Waals surface area contributed by atoms with Crippen molar-refractivity contribution in [3.05, 3.63) is 30.3 Å². The number of piperazine rings is 1. The van der Waals surface area contributed by atoms with Crippen LogP contribution in [0.5, 0.6) is 0 Å². The summed E-state index contributed by atoms with van der Waals surface area (Å²) in [5.41, 5.74) is 0.603. The zero-order valence-corrected chi connectivity index (χ0v) is 9.50. The number of para-hydroxylation sites is 1. The third kappa shape index (κ3) is 2.62. The molecular weight excluding hydrogens is 218 g/mol. The van der Waals surface area contributed by atoms with Gasteiger partial charge in [-0.1, -0.05) is 18.2 Å². The van der Waals surface area contributed by atoms with Crippen molar-refractivity contribution in [3.8, 4) is 0 Å². The summed E-state index contributed by atoms with van der Waals surface area (Å²) in [6, 6.07) is 8.69. The van der Waals surface area contributed by atoms with Crippen LogP contribution in [0.3, 0.4) is 0 Å². The summed E-state index contributed by atoms with van der Waals surface area (Å²) in [7, 11) is 0. The smallest absolute Gasteiger partial charge is 0.321 e. The van der Waals surface area contributed by atoms with E-state index < -0.39 is 0 Å². The van der Waals surface area contributed by atoms with Crippen LogP contribution in [0, 0.1) is 0 Å². The lowest BCUT2D eigenvalue weighted by molar-refractivity contribution is -0.107. The van der Waals surface area contributed by atoms with E-state index in [4.69, 9.17) is 0 Å². The number of imide groups is 1. The highest BCUT2D eigenvalue weighted by atomic mass is 16.2. The Bertz CT molecular complexity index is 388. The molecule has 1 aliphatic rings. The lowest BCUT2D eigenvalue weighted by Crippen LogP contribution is -2.51. The molecule has 1 saturated heterocycles. The lowest BCUT2D eigenvalue weighted by Gasteiger charge is -2.30. The van der Waals surface area contributed by atoms with E-state index in [2.05, 4.69) is 5.32 Å². The predicted molar refractivity (Wildman–Crippen MR) is 64.8 cm³/mol. The lowest BCUT2D eigenvalue weighted by atomic mass is 10.3. The molecule has 1 aromatic rings. The highest BCUT2D eigenvalue weighted by Crippen LogP contribution is 2.13. The number of amides is 3. The van der Waals surface area contributed by atoms with Gasteiger partial charge in [-0.25, -0.2) is 9.69 Å². The van der Waals surface area contributed by atoms with Gasteiger partial charge in [-0.15, -0.1) is 0 Å². The van der Waals surface area contributed by atoms with E-state index in [0.717, 1.165) is 18.0 Å². The van der Waals surface area contributed by atoms with Crippen LogP contribution >= 0.6 is 0 Å².